The molecule has 3 heterocycles. The summed E-state index contributed by atoms with van der Waals surface area (Å²) in [5.41, 5.74) is 0.783. The zero-order chi connectivity index (χ0) is 21.3. The molecule has 2 aliphatic heterocycles. The van der Waals surface area contributed by atoms with E-state index in [-0.39, 0.29) is 24.1 Å². The Bertz CT molecular complexity index is 961. The number of hydrogen-bond acceptors (Lipinski definition) is 6. The summed E-state index contributed by atoms with van der Waals surface area (Å²) in [7, 11) is 1.29. The molecule has 0 aliphatic carbocycles. The summed E-state index contributed by atoms with van der Waals surface area (Å²) in [6.45, 7) is 2.12. The van der Waals surface area contributed by atoms with Crippen LogP contribution in [0.4, 0.5) is 5.69 Å². The summed E-state index contributed by atoms with van der Waals surface area (Å²) in [6.07, 6.45) is 1.59. The Hall–Kier alpha value is -3.46. The number of nitrogens with zero attached hydrogens (tertiary/aromatic N) is 2. The summed E-state index contributed by atoms with van der Waals surface area (Å²) in [5.74, 6) is -0.874. The van der Waals surface area contributed by atoms with Crippen molar-refractivity contribution in [2.45, 2.75) is 12.5 Å². The number of methoxy groups -OCH3 is 1. The fourth-order valence-electron chi connectivity index (χ4n) is 3.99. The Balaban J connectivity index is 1.41. The van der Waals surface area contributed by atoms with E-state index in [9.17, 15) is 19.2 Å². The number of quaternary nitrogens is 1. The predicted molar refractivity (Wildman–Crippen MR) is 104 cm³/mol. The zero-order valence-electron chi connectivity index (χ0n) is 16.5. The second kappa shape index (κ2) is 8.11. The van der Waals surface area contributed by atoms with Gasteiger partial charge in [-0.3, -0.25) is 14.4 Å². The highest BCUT2D eigenvalue weighted by Gasteiger charge is 2.46. The highest BCUT2D eigenvalue weighted by atomic mass is 16.5. The minimum Gasteiger partial charge on any atom is -0.465 e. The minimum absolute atomic E-state index is 0.124. The number of rotatable bonds is 4. The van der Waals surface area contributed by atoms with Crippen LogP contribution >= 0.6 is 0 Å². The van der Waals surface area contributed by atoms with Crippen LogP contribution in [0.25, 0.3) is 0 Å². The molecule has 1 atom stereocenters. The minimum atomic E-state index is -0.482. The molecular weight excluding hydrogens is 390 g/mol. The average molecular weight is 412 g/mol. The van der Waals surface area contributed by atoms with E-state index in [2.05, 4.69) is 4.74 Å². The van der Waals surface area contributed by atoms with Crippen LogP contribution in [0, 0.1) is 0 Å². The molecule has 0 spiro atoms. The topological polar surface area (TPSA) is 102 Å². The molecular formula is C21H22N3O6+. The lowest BCUT2D eigenvalue weighted by molar-refractivity contribution is -0.918. The number of carbonyl (C=O) groups is 4. The molecule has 156 valence electrons. The molecule has 4 rings (SSSR count). The molecule has 3 amide bonds. The number of nitrogens with one attached hydrogen (secondary N) is 1. The van der Waals surface area contributed by atoms with Crippen molar-refractivity contribution in [3.63, 3.8) is 0 Å². The largest absolute Gasteiger partial charge is 0.465 e. The van der Waals surface area contributed by atoms with Gasteiger partial charge in [-0.2, -0.15) is 0 Å². The number of amides is 3. The van der Waals surface area contributed by atoms with Crippen molar-refractivity contribution >= 4 is 29.4 Å². The Labute approximate surface area is 172 Å². The van der Waals surface area contributed by atoms with Crippen LogP contribution in [0.3, 0.4) is 0 Å². The highest BCUT2D eigenvalue weighted by molar-refractivity contribution is 6.22. The molecule has 2 aromatic rings. The van der Waals surface area contributed by atoms with Crippen molar-refractivity contribution in [3.8, 4) is 0 Å². The molecule has 0 bridgehead atoms. The molecule has 1 aromatic carbocycles. The summed E-state index contributed by atoms with van der Waals surface area (Å²) >= 11 is 0. The van der Waals surface area contributed by atoms with Crippen LogP contribution in [0.5, 0.6) is 0 Å². The molecule has 0 unspecified atom stereocenters. The Morgan fingerprint density at radius 3 is 2.40 bits per heavy atom. The highest BCUT2D eigenvalue weighted by Crippen LogP contribution is 2.23. The van der Waals surface area contributed by atoms with E-state index in [1.54, 1.807) is 29.2 Å². The van der Waals surface area contributed by atoms with Gasteiger partial charge in [0.1, 0.15) is 0 Å². The lowest BCUT2D eigenvalue weighted by Gasteiger charge is -2.34. The molecule has 2 aliphatic rings. The summed E-state index contributed by atoms with van der Waals surface area (Å²) < 4.78 is 9.83. The molecule has 0 saturated carbocycles. The van der Waals surface area contributed by atoms with Crippen molar-refractivity contribution in [2.75, 3.05) is 38.2 Å². The second-order valence-corrected chi connectivity index (χ2v) is 7.29. The maximum atomic E-state index is 13.0. The van der Waals surface area contributed by atoms with E-state index in [4.69, 9.17) is 4.42 Å². The van der Waals surface area contributed by atoms with E-state index >= 15 is 0 Å². The summed E-state index contributed by atoms with van der Waals surface area (Å²) in [6, 6.07) is 9.02. The lowest BCUT2D eigenvalue weighted by atomic mass is 10.1. The van der Waals surface area contributed by atoms with Gasteiger partial charge in [-0.25, -0.2) is 9.69 Å². The van der Waals surface area contributed by atoms with E-state index in [1.807, 2.05) is 0 Å². The summed E-state index contributed by atoms with van der Waals surface area (Å²) in [4.78, 5) is 53.4. The van der Waals surface area contributed by atoms with Crippen LogP contribution in [0.15, 0.2) is 47.1 Å². The molecule has 2 fully saturated rings. The van der Waals surface area contributed by atoms with Crippen molar-refractivity contribution in [3.05, 3.63) is 54.0 Å². The first-order chi connectivity index (χ1) is 14.5. The first-order valence-corrected chi connectivity index (χ1v) is 9.72. The van der Waals surface area contributed by atoms with Gasteiger partial charge in [0.15, 0.2) is 11.8 Å². The number of ether oxygens (including phenoxy) is 1. The number of carbonyl (C=O) groups excluding carboxylic acids is 4. The van der Waals surface area contributed by atoms with Gasteiger partial charge in [0.25, 0.3) is 11.8 Å². The van der Waals surface area contributed by atoms with E-state index < -0.39 is 12.0 Å². The third-order valence-electron chi connectivity index (χ3n) is 5.61. The van der Waals surface area contributed by atoms with E-state index in [1.165, 1.54) is 30.4 Å². The smallest absolute Gasteiger partial charge is 0.337 e. The number of benzene rings is 1. The van der Waals surface area contributed by atoms with Gasteiger partial charge in [0.2, 0.25) is 5.91 Å². The predicted octanol–water partition coefficient (Wildman–Crippen LogP) is -0.261. The molecule has 1 N–H and O–H groups in total. The molecule has 9 nitrogen and oxygen atoms in total. The van der Waals surface area contributed by atoms with Gasteiger partial charge in [0, 0.05) is 0 Å². The molecule has 0 radical (unpaired) electrons. The van der Waals surface area contributed by atoms with Crippen molar-refractivity contribution < 1.29 is 33.2 Å². The van der Waals surface area contributed by atoms with Crippen molar-refractivity contribution in [2.24, 2.45) is 0 Å². The monoisotopic (exact) mass is 412 g/mol. The quantitative estimate of drug-likeness (QED) is 0.549. The van der Waals surface area contributed by atoms with Gasteiger partial charge in [-0.1, -0.05) is 0 Å². The first kappa shape index (κ1) is 19.8. The van der Waals surface area contributed by atoms with Crippen LogP contribution in [-0.2, 0) is 14.3 Å². The lowest BCUT2D eigenvalue weighted by Crippen LogP contribution is -3.19. The molecule has 2 saturated heterocycles. The van der Waals surface area contributed by atoms with Gasteiger partial charge >= 0.3 is 5.97 Å². The normalized spacial score (nSPS) is 20.0. The van der Waals surface area contributed by atoms with Gasteiger partial charge in [-0.05, 0) is 36.4 Å². The number of piperazine rings is 1. The van der Waals surface area contributed by atoms with Gasteiger partial charge < -0.3 is 19.0 Å². The standard InChI is InChI=1S/C21H21N3O6/c1-29-21(28)14-4-6-15(7-5-14)24-18(25)13-16(19(24)26)22-8-10-23(11-9-22)20(27)17-3-2-12-30-17/h2-7,12,16H,8-11,13H2,1H3/p+1/t16-/m1/s1. The SMILES string of the molecule is COC(=O)c1ccc(N2C(=O)C[C@@H]([NH+]3CCN(C(=O)c4ccco4)CC3)C2=O)cc1. The third-order valence-corrected chi connectivity index (χ3v) is 5.61. The maximum absolute atomic E-state index is 13.0. The van der Waals surface area contributed by atoms with Gasteiger partial charge in [-0.15, -0.1) is 0 Å². The number of anilines is 1. The average Bonchev–Trinajstić information content (AvgIpc) is 3.41. The fourth-order valence-corrected chi connectivity index (χ4v) is 3.99. The molecule has 1 aromatic heterocycles. The fraction of sp³-hybridized carbons (Fsp3) is 0.333. The van der Waals surface area contributed by atoms with Crippen LogP contribution < -0.4 is 9.80 Å². The number of esters is 1. The first-order valence-electron chi connectivity index (χ1n) is 9.72. The van der Waals surface area contributed by atoms with Crippen LogP contribution in [-0.4, -0.2) is 67.9 Å². The van der Waals surface area contributed by atoms with Crippen molar-refractivity contribution in [1.82, 2.24) is 4.90 Å². The summed E-state index contributed by atoms with van der Waals surface area (Å²) in [5, 5.41) is 0. The third kappa shape index (κ3) is 3.59. The Kier molecular flexibility index (Phi) is 5.37. The number of hydrogen-bond donors (Lipinski definition) is 1. The number of furan rings is 1. The zero-order valence-corrected chi connectivity index (χ0v) is 16.5. The van der Waals surface area contributed by atoms with Crippen molar-refractivity contribution in [1.29, 1.82) is 0 Å². The van der Waals surface area contributed by atoms with E-state index in [0.29, 0.717) is 43.2 Å². The molecule has 9 heteroatoms. The van der Waals surface area contributed by atoms with E-state index in [0.717, 1.165) is 4.90 Å². The van der Waals surface area contributed by atoms with Gasteiger partial charge in [0.05, 0.1) is 57.2 Å². The maximum Gasteiger partial charge on any atom is 0.337 e. The Morgan fingerprint density at radius 1 is 1.10 bits per heavy atom. The van der Waals surface area contributed by atoms with Crippen LogP contribution in [0.2, 0.25) is 0 Å². The number of imide groups is 1. The molecule has 30 heavy (non-hydrogen) atoms. The van der Waals surface area contributed by atoms with Crippen LogP contribution in [0.1, 0.15) is 27.3 Å². The second-order valence-electron chi connectivity index (χ2n) is 7.29. The Morgan fingerprint density at radius 2 is 1.80 bits per heavy atom.